The fourth-order valence-electron chi connectivity index (χ4n) is 4.39. The third kappa shape index (κ3) is 4.10. The summed E-state index contributed by atoms with van der Waals surface area (Å²) in [7, 11) is 0. The zero-order chi connectivity index (χ0) is 19.8. The van der Waals surface area contributed by atoms with Gasteiger partial charge in [-0.25, -0.2) is 18.7 Å². The number of alkyl halides is 3. The lowest BCUT2D eigenvalue weighted by molar-refractivity contribution is 0.212. The maximum atomic E-state index is 13.4. The number of anilines is 1. The molecule has 9 heteroatoms. The number of dihydropyridines is 1. The number of aliphatic imine (C=N–C) groups is 1. The van der Waals surface area contributed by atoms with Crippen LogP contribution in [0.5, 0.6) is 0 Å². The van der Waals surface area contributed by atoms with E-state index in [1.165, 1.54) is 0 Å². The van der Waals surface area contributed by atoms with Gasteiger partial charge in [-0.15, -0.1) is 11.6 Å². The first kappa shape index (κ1) is 19.8. The topological polar surface area (TPSA) is 44.6 Å². The molecule has 28 heavy (non-hydrogen) atoms. The molecule has 2 fully saturated rings. The van der Waals surface area contributed by atoms with Gasteiger partial charge in [-0.3, -0.25) is 4.99 Å². The van der Waals surface area contributed by atoms with Crippen LogP contribution >= 0.6 is 23.2 Å². The molecule has 1 aliphatic carbocycles. The molecule has 0 N–H and O–H groups in total. The molecular weight excluding hydrogens is 407 g/mol. The monoisotopic (exact) mass is 429 g/mol. The molecule has 1 saturated carbocycles. The summed E-state index contributed by atoms with van der Waals surface area (Å²) < 4.78 is 26.8. The van der Waals surface area contributed by atoms with E-state index in [2.05, 4.69) is 24.8 Å². The van der Waals surface area contributed by atoms with Gasteiger partial charge < -0.3 is 9.80 Å². The highest BCUT2D eigenvalue weighted by atomic mass is 35.5. The Morgan fingerprint density at radius 1 is 1.11 bits per heavy atom. The molecular formula is C19H23Cl2F2N5. The van der Waals surface area contributed by atoms with Gasteiger partial charge in [-0.05, 0) is 43.9 Å². The van der Waals surface area contributed by atoms with Gasteiger partial charge in [0.15, 0.2) is 0 Å². The van der Waals surface area contributed by atoms with E-state index in [9.17, 15) is 8.78 Å². The van der Waals surface area contributed by atoms with Crippen molar-refractivity contribution in [3.05, 3.63) is 28.8 Å². The molecule has 1 saturated heterocycles. The minimum absolute atomic E-state index is 0.0193. The number of piperazine rings is 1. The Morgan fingerprint density at radius 3 is 2.50 bits per heavy atom. The first-order valence-electron chi connectivity index (χ1n) is 9.63. The van der Waals surface area contributed by atoms with Crippen LogP contribution in [0.25, 0.3) is 0 Å². The summed E-state index contributed by atoms with van der Waals surface area (Å²) in [6, 6.07) is 1.78. The lowest BCUT2D eigenvalue weighted by Gasteiger charge is -2.44. The lowest BCUT2D eigenvalue weighted by Crippen LogP contribution is -2.49. The maximum absolute atomic E-state index is 13.4. The number of aromatic nitrogens is 2. The summed E-state index contributed by atoms with van der Waals surface area (Å²) in [5.74, 6) is 0.991. The van der Waals surface area contributed by atoms with Crippen LogP contribution in [0.3, 0.4) is 0 Å². The number of halogens is 4. The predicted octanol–water partition coefficient (Wildman–Crippen LogP) is 3.94. The fourth-order valence-corrected chi connectivity index (χ4v) is 4.92. The highest BCUT2D eigenvalue weighted by molar-refractivity contribution is 6.28. The van der Waals surface area contributed by atoms with Crippen molar-refractivity contribution in [3.8, 4) is 0 Å². The van der Waals surface area contributed by atoms with Crippen molar-refractivity contribution in [3.63, 3.8) is 0 Å². The molecule has 0 aromatic carbocycles. The van der Waals surface area contributed by atoms with E-state index in [1.54, 1.807) is 6.08 Å². The third-order valence-corrected chi connectivity index (χ3v) is 6.31. The Bertz CT molecular complexity index is 772. The molecule has 0 bridgehead atoms. The van der Waals surface area contributed by atoms with Crippen LogP contribution in [-0.2, 0) is 0 Å². The predicted molar refractivity (Wildman–Crippen MR) is 108 cm³/mol. The van der Waals surface area contributed by atoms with Crippen LogP contribution in [-0.4, -0.2) is 64.6 Å². The van der Waals surface area contributed by atoms with Gasteiger partial charge in [0, 0.05) is 54.9 Å². The molecule has 0 radical (unpaired) electrons. The van der Waals surface area contributed by atoms with Crippen molar-refractivity contribution in [2.45, 2.75) is 44.0 Å². The average Bonchev–Trinajstić information content (AvgIpc) is 2.66. The van der Waals surface area contributed by atoms with Gasteiger partial charge in [0.1, 0.15) is 11.5 Å². The van der Waals surface area contributed by atoms with E-state index in [0.717, 1.165) is 56.2 Å². The highest BCUT2D eigenvalue weighted by Crippen LogP contribution is 2.39. The van der Waals surface area contributed by atoms with Gasteiger partial charge in [-0.1, -0.05) is 0 Å². The molecule has 4 rings (SSSR count). The summed E-state index contributed by atoms with van der Waals surface area (Å²) >= 11 is 12.3. The number of fused-ring (bicyclic) bond motifs is 1. The lowest BCUT2D eigenvalue weighted by atomic mass is 9.79. The van der Waals surface area contributed by atoms with E-state index in [0.29, 0.717) is 6.42 Å². The summed E-state index contributed by atoms with van der Waals surface area (Å²) in [6.45, 7) is 4.88. The minimum atomic E-state index is -2.56. The van der Waals surface area contributed by atoms with Gasteiger partial charge in [0.25, 0.3) is 6.43 Å². The molecule has 0 amide bonds. The third-order valence-electron chi connectivity index (χ3n) is 5.75. The van der Waals surface area contributed by atoms with Crippen molar-refractivity contribution in [1.29, 1.82) is 0 Å². The van der Waals surface area contributed by atoms with E-state index in [-0.39, 0.29) is 28.3 Å². The number of hydrogen-bond donors (Lipinski definition) is 0. The van der Waals surface area contributed by atoms with Gasteiger partial charge in [-0.2, -0.15) is 0 Å². The number of allylic oxidation sites excluding steroid dienone is 1. The van der Waals surface area contributed by atoms with Crippen LogP contribution < -0.4 is 4.90 Å². The molecule has 0 spiro atoms. The van der Waals surface area contributed by atoms with E-state index >= 15 is 0 Å². The van der Waals surface area contributed by atoms with Gasteiger partial charge in [0.2, 0.25) is 5.28 Å². The summed E-state index contributed by atoms with van der Waals surface area (Å²) in [6.07, 6.45) is 1.52. The molecule has 3 unspecified atom stereocenters. The SMILES string of the molecule is Cc1cc(N2CCN(C3=CC(C(F)F)=NC4CC(Cl)CCC34)CC2)nc(Cl)n1. The van der Waals surface area contributed by atoms with Crippen molar-refractivity contribution in [2.24, 2.45) is 10.9 Å². The maximum Gasteiger partial charge on any atom is 0.280 e. The summed E-state index contributed by atoms with van der Waals surface area (Å²) in [4.78, 5) is 17.1. The average molecular weight is 430 g/mol. The van der Waals surface area contributed by atoms with E-state index in [1.807, 2.05) is 13.0 Å². The largest absolute Gasteiger partial charge is 0.371 e. The standard InChI is InChI=1S/C19H23Cl2F2N5/c1-11-8-17(26-19(21)24-11)28-6-4-27(5-7-28)16-10-15(18(22)23)25-14-9-12(20)2-3-13(14)16/h8,10,12-14,18H,2-7,9H2,1H3. The zero-order valence-electron chi connectivity index (χ0n) is 15.7. The zero-order valence-corrected chi connectivity index (χ0v) is 17.2. The molecule has 1 aromatic heterocycles. The van der Waals surface area contributed by atoms with Crippen molar-refractivity contribution in [1.82, 2.24) is 14.9 Å². The summed E-state index contributed by atoms with van der Waals surface area (Å²) in [5, 5.41) is 0.261. The fraction of sp³-hybridized carbons (Fsp3) is 0.632. The van der Waals surface area contributed by atoms with Crippen LogP contribution in [0.2, 0.25) is 5.28 Å². The second-order valence-corrected chi connectivity index (χ2v) is 8.57. The Kier molecular flexibility index (Phi) is 5.74. The van der Waals surface area contributed by atoms with Crippen molar-refractivity contribution >= 4 is 34.7 Å². The normalized spacial score (nSPS) is 28.1. The number of nitrogens with zero attached hydrogens (tertiary/aromatic N) is 5. The molecule has 3 aliphatic rings. The first-order chi connectivity index (χ1) is 13.4. The molecule has 2 aliphatic heterocycles. The Balaban J connectivity index is 1.50. The molecule has 3 heterocycles. The minimum Gasteiger partial charge on any atom is -0.371 e. The van der Waals surface area contributed by atoms with Crippen LogP contribution in [0.1, 0.15) is 25.0 Å². The summed E-state index contributed by atoms with van der Waals surface area (Å²) in [5.41, 5.74) is 1.71. The number of aryl methyl sites for hydroxylation is 1. The Hall–Kier alpha value is -1.47. The number of hydrogen-bond acceptors (Lipinski definition) is 5. The highest BCUT2D eigenvalue weighted by Gasteiger charge is 2.38. The smallest absolute Gasteiger partial charge is 0.280 e. The number of rotatable bonds is 3. The second kappa shape index (κ2) is 8.11. The van der Waals surface area contributed by atoms with E-state index in [4.69, 9.17) is 23.2 Å². The Labute approximate surface area is 173 Å². The van der Waals surface area contributed by atoms with Crippen LogP contribution in [0.15, 0.2) is 22.8 Å². The van der Waals surface area contributed by atoms with E-state index < -0.39 is 6.43 Å². The van der Waals surface area contributed by atoms with Crippen molar-refractivity contribution in [2.75, 3.05) is 31.1 Å². The molecule has 1 aromatic rings. The second-order valence-electron chi connectivity index (χ2n) is 7.62. The van der Waals surface area contributed by atoms with Gasteiger partial charge in [0.05, 0.1) is 6.04 Å². The molecule has 5 nitrogen and oxygen atoms in total. The van der Waals surface area contributed by atoms with Gasteiger partial charge >= 0.3 is 0 Å². The molecule has 152 valence electrons. The van der Waals surface area contributed by atoms with Crippen LogP contribution in [0.4, 0.5) is 14.6 Å². The Morgan fingerprint density at radius 2 is 1.82 bits per heavy atom. The van der Waals surface area contributed by atoms with Crippen molar-refractivity contribution < 1.29 is 8.78 Å². The quantitative estimate of drug-likeness (QED) is 0.539. The molecule has 3 atom stereocenters. The first-order valence-corrected chi connectivity index (χ1v) is 10.4. The van der Waals surface area contributed by atoms with Crippen LogP contribution in [0, 0.1) is 12.8 Å².